The molecule has 3 aromatic rings. The maximum absolute atomic E-state index is 11.4. The van der Waals surface area contributed by atoms with E-state index in [0.717, 1.165) is 5.65 Å². The second-order valence-electron chi connectivity index (χ2n) is 4.86. The summed E-state index contributed by atoms with van der Waals surface area (Å²) >= 11 is 0. The molecule has 23 heavy (non-hydrogen) atoms. The first kappa shape index (κ1) is 15.3. The van der Waals surface area contributed by atoms with E-state index in [1.807, 2.05) is 0 Å². The van der Waals surface area contributed by atoms with Crippen LogP contribution in [0.1, 0.15) is 0 Å². The van der Waals surface area contributed by atoms with Gasteiger partial charge in [0.05, 0.1) is 23.5 Å². The Balaban J connectivity index is 1.51. The predicted octanol–water partition coefficient (Wildman–Crippen LogP) is 1.59. The van der Waals surface area contributed by atoms with Crippen LogP contribution in [0.25, 0.3) is 5.65 Å². The zero-order valence-corrected chi connectivity index (χ0v) is 13.2. The van der Waals surface area contributed by atoms with Crippen molar-refractivity contribution in [3.05, 3.63) is 48.9 Å². The van der Waals surface area contributed by atoms with Gasteiger partial charge in [0.2, 0.25) is 0 Å². The van der Waals surface area contributed by atoms with Crippen LogP contribution in [0.2, 0.25) is 0 Å². The highest BCUT2D eigenvalue weighted by Crippen LogP contribution is 2.16. The average molecular weight is 333 g/mol. The van der Waals surface area contributed by atoms with Gasteiger partial charge >= 0.3 is 0 Å². The van der Waals surface area contributed by atoms with Crippen molar-refractivity contribution in [2.45, 2.75) is 4.90 Å². The zero-order chi connectivity index (χ0) is 16.3. The molecule has 0 atom stereocenters. The van der Waals surface area contributed by atoms with Gasteiger partial charge in [0.15, 0.2) is 21.2 Å². The van der Waals surface area contributed by atoms with E-state index in [9.17, 15) is 8.42 Å². The number of sulfone groups is 1. The molecule has 0 spiro atoms. The van der Waals surface area contributed by atoms with Crippen LogP contribution >= 0.6 is 0 Å². The highest BCUT2D eigenvalue weighted by atomic mass is 32.2. The van der Waals surface area contributed by atoms with Gasteiger partial charge in [0, 0.05) is 12.3 Å². The molecule has 2 heterocycles. The van der Waals surface area contributed by atoms with E-state index < -0.39 is 9.84 Å². The summed E-state index contributed by atoms with van der Waals surface area (Å²) < 4.78 is 35.4. The van der Waals surface area contributed by atoms with E-state index in [-0.39, 0.29) is 4.90 Å². The number of hydrogen-bond donors (Lipinski definition) is 0. The maximum atomic E-state index is 11.4. The lowest BCUT2D eigenvalue weighted by atomic mass is 10.3. The molecular formula is C15H15N3O4S. The third-order valence-electron chi connectivity index (χ3n) is 3.10. The Hall–Kier alpha value is -2.61. The first-order valence-electron chi connectivity index (χ1n) is 6.87. The lowest BCUT2D eigenvalue weighted by Gasteiger charge is -2.08. The van der Waals surface area contributed by atoms with Gasteiger partial charge < -0.3 is 9.47 Å². The number of benzene rings is 1. The third-order valence-corrected chi connectivity index (χ3v) is 4.22. The molecule has 0 saturated heterocycles. The summed E-state index contributed by atoms with van der Waals surface area (Å²) in [6, 6.07) is 8.07. The van der Waals surface area contributed by atoms with Crippen LogP contribution in [-0.4, -0.2) is 42.5 Å². The summed E-state index contributed by atoms with van der Waals surface area (Å²) in [6.07, 6.45) is 6.19. The lowest BCUT2D eigenvalue weighted by molar-refractivity contribution is 0.216. The summed E-state index contributed by atoms with van der Waals surface area (Å²) in [5.41, 5.74) is 0.750. The maximum Gasteiger partial charge on any atom is 0.175 e. The van der Waals surface area contributed by atoms with Crippen molar-refractivity contribution in [1.82, 2.24) is 14.6 Å². The van der Waals surface area contributed by atoms with Crippen molar-refractivity contribution in [1.29, 1.82) is 0 Å². The van der Waals surface area contributed by atoms with Gasteiger partial charge in [-0.05, 0) is 24.3 Å². The van der Waals surface area contributed by atoms with Crippen LogP contribution in [0.3, 0.4) is 0 Å². The number of ether oxygens (including phenoxy) is 2. The Labute approximate surface area is 133 Å². The van der Waals surface area contributed by atoms with E-state index >= 15 is 0 Å². The highest BCUT2D eigenvalue weighted by molar-refractivity contribution is 7.90. The van der Waals surface area contributed by atoms with Gasteiger partial charge in [-0.15, -0.1) is 0 Å². The van der Waals surface area contributed by atoms with E-state index in [1.54, 1.807) is 41.3 Å². The molecule has 8 heteroatoms. The minimum absolute atomic E-state index is 0.264. The SMILES string of the molecule is CS(=O)(=O)c1ccc(OCCOc2cnc3ccnn3c2)cc1. The summed E-state index contributed by atoms with van der Waals surface area (Å²) in [5, 5.41) is 4.08. The van der Waals surface area contributed by atoms with E-state index in [2.05, 4.69) is 10.1 Å². The topological polar surface area (TPSA) is 82.8 Å². The Bertz CT molecular complexity index is 904. The molecule has 0 amide bonds. The summed E-state index contributed by atoms with van der Waals surface area (Å²) in [5.74, 6) is 1.18. The standard InChI is InChI=1S/C15H15N3O4S/c1-23(19,20)14-4-2-12(3-5-14)21-8-9-22-13-10-16-15-6-7-17-18(15)11-13/h2-7,10-11H,8-9H2,1H3. The molecule has 0 aliphatic carbocycles. The molecule has 2 aromatic heterocycles. The number of fused-ring (bicyclic) bond motifs is 1. The smallest absolute Gasteiger partial charge is 0.175 e. The van der Waals surface area contributed by atoms with Crippen LogP contribution in [0.4, 0.5) is 0 Å². The van der Waals surface area contributed by atoms with E-state index in [0.29, 0.717) is 24.7 Å². The first-order chi connectivity index (χ1) is 11.0. The molecule has 0 aliphatic rings. The molecule has 0 saturated carbocycles. The Morgan fingerprint density at radius 3 is 2.43 bits per heavy atom. The summed E-state index contributed by atoms with van der Waals surface area (Å²) in [7, 11) is -3.19. The van der Waals surface area contributed by atoms with E-state index in [4.69, 9.17) is 9.47 Å². The summed E-state index contributed by atoms with van der Waals surface area (Å²) in [6.45, 7) is 0.664. The van der Waals surface area contributed by atoms with Gasteiger partial charge in [-0.25, -0.2) is 17.9 Å². The molecule has 0 aliphatic heterocycles. The summed E-state index contributed by atoms with van der Waals surface area (Å²) in [4.78, 5) is 4.45. The fraction of sp³-hybridized carbons (Fsp3) is 0.200. The van der Waals surface area contributed by atoms with Crippen molar-refractivity contribution in [3.8, 4) is 11.5 Å². The Morgan fingerprint density at radius 2 is 1.74 bits per heavy atom. The zero-order valence-electron chi connectivity index (χ0n) is 12.4. The third kappa shape index (κ3) is 3.78. The Morgan fingerprint density at radius 1 is 1.04 bits per heavy atom. The minimum Gasteiger partial charge on any atom is -0.490 e. The first-order valence-corrected chi connectivity index (χ1v) is 8.77. The van der Waals surface area contributed by atoms with Crippen LogP contribution in [0.5, 0.6) is 11.5 Å². The van der Waals surface area contributed by atoms with Gasteiger partial charge in [0.1, 0.15) is 19.0 Å². The molecule has 0 bridgehead atoms. The quantitative estimate of drug-likeness (QED) is 0.637. The van der Waals surface area contributed by atoms with Crippen molar-refractivity contribution >= 4 is 15.5 Å². The van der Waals surface area contributed by atoms with Gasteiger partial charge in [-0.2, -0.15) is 5.10 Å². The van der Waals surface area contributed by atoms with Crippen LogP contribution in [-0.2, 0) is 9.84 Å². The molecule has 0 unspecified atom stereocenters. The molecule has 0 fully saturated rings. The van der Waals surface area contributed by atoms with Gasteiger partial charge in [-0.1, -0.05) is 0 Å². The normalized spacial score (nSPS) is 11.5. The molecule has 0 radical (unpaired) electrons. The van der Waals surface area contributed by atoms with Gasteiger partial charge in [0.25, 0.3) is 0 Å². The molecule has 1 aromatic carbocycles. The lowest BCUT2D eigenvalue weighted by Crippen LogP contribution is -2.09. The minimum atomic E-state index is -3.19. The largest absolute Gasteiger partial charge is 0.490 e. The van der Waals surface area contributed by atoms with Gasteiger partial charge in [-0.3, -0.25) is 0 Å². The number of aromatic nitrogens is 3. The number of nitrogens with zero attached hydrogens (tertiary/aromatic N) is 3. The van der Waals surface area contributed by atoms with Crippen molar-refractivity contribution in [2.24, 2.45) is 0 Å². The van der Waals surface area contributed by atoms with Crippen LogP contribution in [0, 0.1) is 0 Å². The van der Waals surface area contributed by atoms with E-state index in [1.165, 1.54) is 18.4 Å². The number of rotatable bonds is 6. The molecular weight excluding hydrogens is 318 g/mol. The fourth-order valence-corrected chi connectivity index (χ4v) is 2.60. The fourth-order valence-electron chi connectivity index (χ4n) is 1.97. The molecule has 3 rings (SSSR count). The Kier molecular flexibility index (Phi) is 4.16. The second-order valence-corrected chi connectivity index (χ2v) is 6.88. The van der Waals surface area contributed by atoms with Crippen LogP contribution in [0.15, 0.2) is 53.8 Å². The molecule has 120 valence electrons. The molecule has 0 N–H and O–H groups in total. The monoisotopic (exact) mass is 333 g/mol. The van der Waals surface area contributed by atoms with Crippen molar-refractivity contribution in [2.75, 3.05) is 19.5 Å². The van der Waals surface area contributed by atoms with Crippen molar-refractivity contribution in [3.63, 3.8) is 0 Å². The van der Waals surface area contributed by atoms with Crippen LogP contribution < -0.4 is 9.47 Å². The van der Waals surface area contributed by atoms with Crippen molar-refractivity contribution < 1.29 is 17.9 Å². The molecule has 7 nitrogen and oxygen atoms in total. The number of hydrogen-bond acceptors (Lipinski definition) is 6. The second kappa shape index (κ2) is 6.25. The predicted molar refractivity (Wildman–Crippen MR) is 83.5 cm³/mol. The highest BCUT2D eigenvalue weighted by Gasteiger charge is 2.06. The average Bonchev–Trinajstić information content (AvgIpc) is 2.99.